The second-order valence-corrected chi connectivity index (χ2v) is 6.17. The second-order valence-electron chi connectivity index (χ2n) is 4.26. The molecule has 0 saturated heterocycles. The number of nitrogens with two attached hydrogens (primary N) is 1. The lowest BCUT2D eigenvalue weighted by Gasteiger charge is -2.19. The van der Waals surface area contributed by atoms with Crippen LogP contribution in [-0.4, -0.2) is 14.2 Å². The highest BCUT2D eigenvalue weighted by atomic mass is 79.9. The lowest BCUT2D eigenvalue weighted by atomic mass is 10.0. The highest BCUT2D eigenvalue weighted by Crippen LogP contribution is 2.32. The van der Waals surface area contributed by atoms with Gasteiger partial charge in [-0.3, -0.25) is 11.3 Å². The molecule has 20 heavy (non-hydrogen) atoms. The van der Waals surface area contributed by atoms with Gasteiger partial charge in [0, 0.05) is 32.8 Å². The van der Waals surface area contributed by atoms with Gasteiger partial charge in [0.05, 0.1) is 20.3 Å². The van der Waals surface area contributed by atoms with Gasteiger partial charge in [-0.05, 0) is 28.1 Å². The number of hydrogen-bond donors (Lipinski definition) is 2. The molecule has 2 rings (SSSR count). The van der Waals surface area contributed by atoms with Crippen molar-refractivity contribution < 1.29 is 9.47 Å². The van der Waals surface area contributed by atoms with Gasteiger partial charge < -0.3 is 9.47 Å². The number of rotatable bonds is 6. The quantitative estimate of drug-likeness (QED) is 0.615. The average Bonchev–Trinajstić information content (AvgIpc) is 2.89. The molecule has 0 spiro atoms. The Hall–Kier alpha value is -1.08. The lowest BCUT2D eigenvalue weighted by Crippen LogP contribution is -2.29. The van der Waals surface area contributed by atoms with Crippen LogP contribution in [0.4, 0.5) is 0 Å². The number of hydrazine groups is 1. The monoisotopic (exact) mass is 356 g/mol. The third kappa shape index (κ3) is 3.52. The van der Waals surface area contributed by atoms with E-state index in [2.05, 4.69) is 32.8 Å². The summed E-state index contributed by atoms with van der Waals surface area (Å²) in [4.78, 5) is 1.25. The molecule has 1 aromatic heterocycles. The maximum atomic E-state index is 5.71. The van der Waals surface area contributed by atoms with Gasteiger partial charge in [0.25, 0.3) is 0 Å². The van der Waals surface area contributed by atoms with Crippen LogP contribution in [-0.2, 0) is 6.42 Å². The van der Waals surface area contributed by atoms with Crippen molar-refractivity contribution in [3.05, 3.63) is 44.6 Å². The summed E-state index contributed by atoms with van der Waals surface area (Å²) in [6.07, 6.45) is 0.801. The summed E-state index contributed by atoms with van der Waals surface area (Å²) in [7, 11) is 3.28. The predicted octanol–water partition coefficient (Wildman–Crippen LogP) is 3.27. The first-order chi connectivity index (χ1) is 9.67. The topological polar surface area (TPSA) is 56.5 Å². The largest absolute Gasteiger partial charge is 0.497 e. The zero-order valence-electron chi connectivity index (χ0n) is 11.4. The molecule has 0 aliphatic heterocycles. The van der Waals surface area contributed by atoms with Crippen LogP contribution in [0.15, 0.2) is 34.1 Å². The van der Waals surface area contributed by atoms with Crippen molar-refractivity contribution in [3.8, 4) is 11.5 Å². The molecular weight excluding hydrogens is 340 g/mol. The van der Waals surface area contributed by atoms with Crippen LogP contribution < -0.4 is 20.7 Å². The van der Waals surface area contributed by atoms with Gasteiger partial charge in [-0.15, -0.1) is 11.3 Å². The van der Waals surface area contributed by atoms with Crippen molar-refractivity contribution in [1.82, 2.24) is 5.43 Å². The van der Waals surface area contributed by atoms with Crippen molar-refractivity contribution >= 4 is 27.3 Å². The number of halogens is 1. The number of benzene rings is 1. The molecule has 1 unspecified atom stereocenters. The predicted molar refractivity (Wildman–Crippen MR) is 85.3 cm³/mol. The molecule has 0 aliphatic rings. The van der Waals surface area contributed by atoms with Crippen LogP contribution in [0.3, 0.4) is 0 Å². The highest BCUT2D eigenvalue weighted by molar-refractivity contribution is 9.10. The van der Waals surface area contributed by atoms with Crippen LogP contribution in [0.5, 0.6) is 11.5 Å². The second kappa shape index (κ2) is 7.08. The fourth-order valence-corrected chi connectivity index (χ4v) is 3.53. The normalized spacial score (nSPS) is 12.2. The molecule has 0 radical (unpaired) electrons. The van der Waals surface area contributed by atoms with E-state index in [-0.39, 0.29) is 6.04 Å². The van der Waals surface area contributed by atoms with E-state index in [1.54, 1.807) is 25.6 Å². The van der Waals surface area contributed by atoms with E-state index in [0.717, 1.165) is 28.0 Å². The molecule has 108 valence electrons. The van der Waals surface area contributed by atoms with E-state index in [9.17, 15) is 0 Å². The Kier molecular flexibility index (Phi) is 5.42. The Bertz CT molecular complexity index is 574. The molecule has 3 N–H and O–H groups in total. The number of nitrogens with one attached hydrogen (secondary N) is 1. The summed E-state index contributed by atoms with van der Waals surface area (Å²) in [5.74, 6) is 7.24. The minimum atomic E-state index is -0.0126. The minimum Gasteiger partial charge on any atom is -0.497 e. The molecule has 1 aromatic carbocycles. The van der Waals surface area contributed by atoms with Crippen LogP contribution >= 0.6 is 27.3 Å². The molecule has 0 bridgehead atoms. The van der Waals surface area contributed by atoms with Gasteiger partial charge in [-0.1, -0.05) is 6.07 Å². The minimum absolute atomic E-state index is 0.0126. The van der Waals surface area contributed by atoms with Crippen LogP contribution in [0.25, 0.3) is 0 Å². The van der Waals surface area contributed by atoms with E-state index in [1.165, 1.54) is 4.88 Å². The fourth-order valence-electron chi connectivity index (χ4n) is 2.03. The van der Waals surface area contributed by atoms with Crippen molar-refractivity contribution in [3.63, 3.8) is 0 Å². The molecular formula is C14H17BrN2O2S. The third-order valence-corrected chi connectivity index (χ3v) is 4.76. The Morgan fingerprint density at radius 1 is 1.30 bits per heavy atom. The molecule has 0 amide bonds. The molecule has 2 aromatic rings. The van der Waals surface area contributed by atoms with Crippen molar-refractivity contribution in [2.24, 2.45) is 5.84 Å². The first kappa shape index (κ1) is 15.3. The lowest BCUT2D eigenvalue weighted by molar-refractivity contribution is 0.384. The van der Waals surface area contributed by atoms with Gasteiger partial charge >= 0.3 is 0 Å². The average molecular weight is 357 g/mol. The fraction of sp³-hybridized carbons (Fsp3) is 0.286. The SMILES string of the molecule is COc1ccc(C(Cc2cc(Br)cs2)NN)c(OC)c1. The first-order valence-corrected chi connectivity index (χ1v) is 7.76. The molecule has 0 saturated carbocycles. The van der Waals surface area contributed by atoms with E-state index in [4.69, 9.17) is 15.3 Å². The van der Waals surface area contributed by atoms with Crippen molar-refractivity contribution in [2.75, 3.05) is 14.2 Å². The summed E-state index contributed by atoms with van der Waals surface area (Å²) in [6, 6.07) is 7.84. The van der Waals surface area contributed by atoms with Gasteiger partial charge in [-0.2, -0.15) is 0 Å². The van der Waals surface area contributed by atoms with E-state index < -0.39 is 0 Å². The maximum absolute atomic E-state index is 5.71. The Balaban J connectivity index is 2.26. The van der Waals surface area contributed by atoms with Crippen molar-refractivity contribution in [1.29, 1.82) is 0 Å². The van der Waals surface area contributed by atoms with Crippen LogP contribution in [0.1, 0.15) is 16.5 Å². The summed E-state index contributed by atoms with van der Waals surface area (Å²) in [5.41, 5.74) is 3.87. The molecule has 0 fully saturated rings. The molecule has 1 atom stereocenters. The molecule has 0 aliphatic carbocycles. The van der Waals surface area contributed by atoms with Gasteiger partial charge in [0.1, 0.15) is 11.5 Å². The summed E-state index contributed by atoms with van der Waals surface area (Å²) >= 11 is 5.17. The third-order valence-electron chi connectivity index (χ3n) is 3.04. The molecule has 4 nitrogen and oxygen atoms in total. The number of thiophene rings is 1. The van der Waals surface area contributed by atoms with E-state index >= 15 is 0 Å². The zero-order valence-corrected chi connectivity index (χ0v) is 13.8. The maximum Gasteiger partial charge on any atom is 0.127 e. The molecule has 6 heteroatoms. The van der Waals surface area contributed by atoms with Gasteiger partial charge in [0.15, 0.2) is 0 Å². The Morgan fingerprint density at radius 2 is 2.10 bits per heavy atom. The summed E-state index contributed by atoms with van der Waals surface area (Å²) in [6.45, 7) is 0. The Morgan fingerprint density at radius 3 is 2.65 bits per heavy atom. The zero-order chi connectivity index (χ0) is 14.5. The summed E-state index contributed by atoms with van der Waals surface area (Å²) in [5, 5.41) is 2.06. The number of ether oxygens (including phenoxy) is 2. The smallest absolute Gasteiger partial charge is 0.127 e. The van der Waals surface area contributed by atoms with E-state index in [1.807, 2.05) is 18.2 Å². The highest BCUT2D eigenvalue weighted by Gasteiger charge is 2.17. The van der Waals surface area contributed by atoms with E-state index in [0.29, 0.717) is 0 Å². The molecule has 1 heterocycles. The Labute approximate surface area is 131 Å². The summed E-state index contributed by atoms with van der Waals surface area (Å²) < 4.78 is 11.7. The standard InChI is InChI=1S/C14H17BrN2O2S/c1-18-10-3-4-12(14(6-10)19-2)13(17-16)7-11-5-9(15)8-20-11/h3-6,8,13,17H,7,16H2,1-2H3. The van der Waals surface area contributed by atoms with Gasteiger partial charge in [-0.25, -0.2) is 0 Å². The number of methoxy groups -OCH3 is 2. The first-order valence-electron chi connectivity index (χ1n) is 6.09. The van der Waals surface area contributed by atoms with Crippen LogP contribution in [0.2, 0.25) is 0 Å². The van der Waals surface area contributed by atoms with Crippen LogP contribution in [0, 0.1) is 0 Å². The van der Waals surface area contributed by atoms with Gasteiger partial charge in [0.2, 0.25) is 0 Å². The van der Waals surface area contributed by atoms with Crippen molar-refractivity contribution in [2.45, 2.75) is 12.5 Å². The number of hydrogen-bond acceptors (Lipinski definition) is 5.